The van der Waals surface area contributed by atoms with Gasteiger partial charge in [-0.2, -0.15) is 16.8 Å². The normalized spacial score (nSPS) is 13.4. The van der Waals surface area contributed by atoms with Gasteiger partial charge >= 0.3 is 0 Å². The topological polar surface area (TPSA) is 137 Å². The Bertz CT molecular complexity index is 1190. The summed E-state index contributed by atoms with van der Waals surface area (Å²) in [7, 11) is -8.63. The standard InChI is InChI=1S/C24H38N2O6S3/c1-3-5-6-7-8-9-10-11-12-18(33)17-20-22(35(30,31)32)15-14-21-24(20)26-23(25-21)16-13-19(4-2)34(27,28)29/h14-15,19H,3-13,16-17H2,1-2H3,(H,25,26)(H,27,28,29)(H,30,31,32). The van der Waals surface area contributed by atoms with Crippen LogP contribution in [-0.4, -0.2) is 46.0 Å². The number of fused-ring (bicyclic) bond motifs is 1. The van der Waals surface area contributed by atoms with E-state index < -0.39 is 25.5 Å². The Balaban J connectivity index is 2.11. The molecular weight excluding hydrogens is 508 g/mol. The first-order valence-electron chi connectivity index (χ1n) is 12.4. The highest BCUT2D eigenvalue weighted by Crippen LogP contribution is 2.27. The van der Waals surface area contributed by atoms with Gasteiger partial charge in [0.05, 0.1) is 21.2 Å². The molecule has 0 amide bonds. The molecule has 0 aliphatic rings. The number of hydrogen-bond acceptors (Lipinski definition) is 6. The third-order valence-electron chi connectivity index (χ3n) is 6.31. The Morgan fingerprint density at radius 1 is 1.00 bits per heavy atom. The van der Waals surface area contributed by atoms with Crippen molar-refractivity contribution in [1.82, 2.24) is 9.97 Å². The van der Waals surface area contributed by atoms with Crippen molar-refractivity contribution in [3.63, 3.8) is 0 Å². The maximum Gasteiger partial charge on any atom is 0.294 e. The fraction of sp³-hybridized carbons (Fsp3) is 0.667. The number of aromatic nitrogens is 2. The highest BCUT2D eigenvalue weighted by molar-refractivity contribution is 7.86. The predicted molar refractivity (Wildman–Crippen MR) is 143 cm³/mol. The van der Waals surface area contributed by atoms with Gasteiger partial charge in [0.15, 0.2) is 0 Å². The molecule has 2 aromatic rings. The third-order valence-corrected chi connectivity index (χ3v) is 9.00. The molecule has 0 radical (unpaired) electrons. The zero-order chi connectivity index (χ0) is 26.1. The van der Waals surface area contributed by atoms with E-state index in [4.69, 9.17) is 12.2 Å². The van der Waals surface area contributed by atoms with Crippen LogP contribution in [0, 0.1) is 0 Å². The maximum absolute atomic E-state index is 12.0. The van der Waals surface area contributed by atoms with Crippen molar-refractivity contribution in [2.24, 2.45) is 0 Å². The van der Waals surface area contributed by atoms with Crippen molar-refractivity contribution in [2.75, 3.05) is 0 Å². The molecule has 3 N–H and O–H groups in total. The molecule has 1 aromatic carbocycles. The van der Waals surface area contributed by atoms with Crippen LogP contribution >= 0.6 is 12.2 Å². The van der Waals surface area contributed by atoms with Crippen molar-refractivity contribution >= 4 is 48.4 Å². The Kier molecular flexibility index (Phi) is 11.7. The van der Waals surface area contributed by atoms with E-state index in [1.807, 2.05) is 0 Å². The first-order valence-corrected chi connectivity index (χ1v) is 15.8. The molecule has 198 valence electrons. The molecule has 35 heavy (non-hydrogen) atoms. The molecule has 0 spiro atoms. The number of aromatic amines is 1. The summed E-state index contributed by atoms with van der Waals surface area (Å²) in [5, 5.41) is -0.900. The number of hydrogen-bond donors (Lipinski definition) is 3. The van der Waals surface area contributed by atoms with Gasteiger partial charge in [0.25, 0.3) is 20.2 Å². The minimum absolute atomic E-state index is 0.173. The van der Waals surface area contributed by atoms with E-state index in [-0.39, 0.29) is 30.6 Å². The summed E-state index contributed by atoms with van der Waals surface area (Å²) in [6, 6.07) is 2.86. The predicted octanol–water partition coefficient (Wildman–Crippen LogP) is 5.85. The largest absolute Gasteiger partial charge is 0.342 e. The number of unbranched alkanes of at least 4 members (excludes halogenated alkanes) is 7. The summed E-state index contributed by atoms with van der Waals surface area (Å²) in [6.45, 7) is 3.88. The van der Waals surface area contributed by atoms with Gasteiger partial charge in [0.1, 0.15) is 5.82 Å². The SMILES string of the molecule is CCCCCCCCCCC(=S)Cc1c(S(=O)(=O)O)ccc2[nH]c(CCC(CC)S(=O)(=O)O)nc12. The van der Waals surface area contributed by atoms with Crippen LogP contribution in [0.1, 0.15) is 95.9 Å². The zero-order valence-electron chi connectivity index (χ0n) is 20.6. The fourth-order valence-electron chi connectivity index (χ4n) is 4.30. The van der Waals surface area contributed by atoms with Gasteiger partial charge in [0, 0.05) is 18.4 Å². The molecule has 0 saturated carbocycles. The number of benzene rings is 1. The minimum Gasteiger partial charge on any atom is -0.342 e. The average Bonchev–Trinajstić information content (AvgIpc) is 3.18. The molecule has 1 heterocycles. The lowest BCUT2D eigenvalue weighted by molar-refractivity contribution is 0.458. The number of aryl methyl sites for hydroxylation is 1. The maximum atomic E-state index is 12.0. The molecule has 1 atom stereocenters. The van der Waals surface area contributed by atoms with Crippen LogP contribution in [0.5, 0.6) is 0 Å². The smallest absolute Gasteiger partial charge is 0.294 e. The van der Waals surface area contributed by atoms with Gasteiger partial charge in [-0.25, -0.2) is 4.98 Å². The van der Waals surface area contributed by atoms with Crippen molar-refractivity contribution in [3.8, 4) is 0 Å². The van der Waals surface area contributed by atoms with Gasteiger partial charge in [-0.15, -0.1) is 0 Å². The average molecular weight is 547 g/mol. The van der Waals surface area contributed by atoms with Crippen LogP contribution in [0.25, 0.3) is 11.0 Å². The summed E-state index contributed by atoms with van der Waals surface area (Å²) in [5.74, 6) is 0.477. The van der Waals surface area contributed by atoms with Crippen LogP contribution in [0.4, 0.5) is 0 Å². The lowest BCUT2D eigenvalue weighted by atomic mass is 10.0. The monoisotopic (exact) mass is 546 g/mol. The fourth-order valence-corrected chi connectivity index (χ4v) is 6.14. The van der Waals surface area contributed by atoms with Crippen molar-refractivity contribution in [1.29, 1.82) is 0 Å². The lowest BCUT2D eigenvalue weighted by Crippen LogP contribution is -2.20. The Morgan fingerprint density at radius 3 is 2.20 bits per heavy atom. The van der Waals surface area contributed by atoms with E-state index in [1.165, 1.54) is 44.2 Å². The summed E-state index contributed by atoms with van der Waals surface area (Å²) in [4.78, 5) is 8.09. The zero-order valence-corrected chi connectivity index (χ0v) is 23.1. The quantitative estimate of drug-likeness (QED) is 0.128. The van der Waals surface area contributed by atoms with Gasteiger partial charge in [-0.05, 0) is 42.7 Å². The molecule has 0 aliphatic carbocycles. The Morgan fingerprint density at radius 2 is 1.63 bits per heavy atom. The van der Waals surface area contributed by atoms with Crippen LogP contribution in [0.15, 0.2) is 17.0 Å². The summed E-state index contributed by atoms with van der Waals surface area (Å²) in [5.41, 5.74) is 1.32. The van der Waals surface area contributed by atoms with Gasteiger partial charge in [-0.3, -0.25) is 9.11 Å². The van der Waals surface area contributed by atoms with E-state index >= 15 is 0 Å². The van der Waals surface area contributed by atoms with Crippen LogP contribution < -0.4 is 0 Å². The lowest BCUT2D eigenvalue weighted by Gasteiger charge is -2.10. The highest BCUT2D eigenvalue weighted by atomic mass is 32.2. The minimum atomic E-state index is -4.48. The molecule has 0 fully saturated rings. The molecular formula is C24H38N2O6S3. The van der Waals surface area contributed by atoms with E-state index in [1.54, 1.807) is 6.92 Å². The van der Waals surface area contributed by atoms with E-state index in [0.29, 0.717) is 33.7 Å². The van der Waals surface area contributed by atoms with Crippen molar-refractivity contribution < 1.29 is 25.9 Å². The molecule has 0 bridgehead atoms. The number of thiocarbonyl (C=S) groups is 1. The second kappa shape index (κ2) is 13.8. The number of nitrogens with one attached hydrogen (secondary N) is 1. The van der Waals surface area contributed by atoms with Gasteiger partial charge in [-0.1, -0.05) is 71.0 Å². The first-order chi connectivity index (χ1) is 16.5. The second-order valence-electron chi connectivity index (χ2n) is 9.12. The molecule has 0 aliphatic heterocycles. The van der Waals surface area contributed by atoms with Crippen molar-refractivity contribution in [2.45, 2.75) is 107 Å². The van der Waals surface area contributed by atoms with E-state index in [9.17, 15) is 25.9 Å². The molecule has 2 rings (SSSR count). The van der Waals surface area contributed by atoms with Gasteiger partial charge < -0.3 is 4.98 Å². The number of H-pyrrole nitrogens is 1. The summed E-state index contributed by atoms with van der Waals surface area (Å²) >= 11 is 5.56. The third kappa shape index (κ3) is 9.53. The number of nitrogens with zero attached hydrogens (tertiary/aromatic N) is 1. The van der Waals surface area contributed by atoms with Crippen molar-refractivity contribution in [3.05, 3.63) is 23.5 Å². The van der Waals surface area contributed by atoms with Gasteiger partial charge in [0.2, 0.25) is 0 Å². The molecule has 0 saturated heterocycles. The first kappa shape index (κ1) is 29.8. The van der Waals surface area contributed by atoms with Crippen LogP contribution in [-0.2, 0) is 33.1 Å². The molecule has 1 aromatic heterocycles. The number of imidazole rings is 1. The summed E-state index contributed by atoms with van der Waals surface area (Å²) < 4.78 is 66.2. The second-order valence-corrected chi connectivity index (χ2v) is 12.8. The van der Waals surface area contributed by atoms with Crippen LogP contribution in [0.3, 0.4) is 0 Å². The van der Waals surface area contributed by atoms with E-state index in [2.05, 4.69) is 16.9 Å². The van der Waals surface area contributed by atoms with Crippen LogP contribution in [0.2, 0.25) is 0 Å². The molecule has 8 nitrogen and oxygen atoms in total. The highest BCUT2D eigenvalue weighted by Gasteiger charge is 2.23. The van der Waals surface area contributed by atoms with E-state index in [0.717, 1.165) is 19.3 Å². The number of rotatable bonds is 17. The Labute approximate surface area is 214 Å². The molecule has 11 heteroatoms. The molecule has 1 unspecified atom stereocenters. The Hall–Kier alpha value is -1.40. The summed E-state index contributed by atoms with van der Waals surface area (Å²) in [6.07, 6.45) is 11.0.